The van der Waals surface area contributed by atoms with Gasteiger partial charge in [-0.2, -0.15) is 0 Å². The third-order valence-electron chi connectivity index (χ3n) is 2.68. The summed E-state index contributed by atoms with van der Waals surface area (Å²) >= 11 is 2.63. The van der Waals surface area contributed by atoms with Crippen molar-refractivity contribution in [1.82, 2.24) is 0 Å². The molecule has 0 radical (unpaired) electrons. The van der Waals surface area contributed by atoms with Crippen molar-refractivity contribution in [1.29, 1.82) is 0 Å². The van der Waals surface area contributed by atoms with Crippen LogP contribution in [0.4, 0.5) is 0 Å². The monoisotopic (exact) mass is 252 g/mol. The van der Waals surface area contributed by atoms with E-state index in [-0.39, 0.29) is 4.69 Å². The van der Waals surface area contributed by atoms with Gasteiger partial charge in [-0.25, -0.2) is 0 Å². The minimum atomic E-state index is -0.0208. The molecule has 2 nitrogen and oxygen atoms in total. The molecule has 0 bridgehead atoms. The number of quaternary nitrogens is 1. The summed E-state index contributed by atoms with van der Waals surface area (Å²) in [5.74, 6) is 0. The SMILES string of the molecule is CC(=O)Br.CC[N+](CC)(CC)CC. The number of nitrogens with zero attached hydrogens (tertiary/aromatic N) is 1. The molecule has 0 aromatic rings. The highest BCUT2D eigenvalue weighted by Crippen LogP contribution is 2.03. The van der Waals surface area contributed by atoms with Crippen LogP contribution in [0.1, 0.15) is 34.6 Å². The summed E-state index contributed by atoms with van der Waals surface area (Å²) in [5.41, 5.74) is 0. The maximum atomic E-state index is 9.36. The van der Waals surface area contributed by atoms with Gasteiger partial charge in [0, 0.05) is 6.92 Å². The van der Waals surface area contributed by atoms with Gasteiger partial charge in [-0.1, -0.05) is 0 Å². The van der Waals surface area contributed by atoms with Crippen LogP contribution in [0.2, 0.25) is 0 Å². The van der Waals surface area contributed by atoms with Gasteiger partial charge >= 0.3 is 0 Å². The van der Waals surface area contributed by atoms with Crippen molar-refractivity contribution in [3.8, 4) is 0 Å². The van der Waals surface area contributed by atoms with Crippen molar-refractivity contribution < 1.29 is 9.28 Å². The standard InChI is InChI=1S/C8H20N.C2H3BrO/c1-5-9(6-2,7-3)8-4;1-2(3)4/h5-8H2,1-4H3;1H3/q+1;. The van der Waals surface area contributed by atoms with Crippen LogP contribution in [0.3, 0.4) is 0 Å². The van der Waals surface area contributed by atoms with Crippen molar-refractivity contribution in [2.45, 2.75) is 34.6 Å². The first-order valence-electron chi connectivity index (χ1n) is 4.99. The molecule has 3 heteroatoms. The molecule has 13 heavy (non-hydrogen) atoms. The Hall–Kier alpha value is 0.110. The van der Waals surface area contributed by atoms with Crippen LogP contribution in [0.5, 0.6) is 0 Å². The van der Waals surface area contributed by atoms with Crippen LogP contribution >= 0.6 is 15.9 Å². The largest absolute Gasteiger partial charge is 0.325 e. The molecule has 0 fully saturated rings. The molecule has 0 N–H and O–H groups in total. The number of hydrogen-bond acceptors (Lipinski definition) is 1. The van der Waals surface area contributed by atoms with Crippen molar-refractivity contribution in [2.75, 3.05) is 26.2 Å². The quantitative estimate of drug-likeness (QED) is 0.556. The lowest BCUT2D eigenvalue weighted by Gasteiger charge is -2.34. The third kappa shape index (κ3) is 8.44. The minimum absolute atomic E-state index is 0.0208. The van der Waals surface area contributed by atoms with Crippen LogP contribution < -0.4 is 0 Å². The normalized spacial score (nSPS) is 10.3. The first kappa shape index (κ1) is 15.6. The fourth-order valence-electron chi connectivity index (χ4n) is 1.34. The Bertz CT molecular complexity index is 111. The molecule has 0 rings (SSSR count). The van der Waals surface area contributed by atoms with E-state index in [1.54, 1.807) is 0 Å². The highest BCUT2D eigenvalue weighted by molar-refractivity contribution is 9.18. The zero-order valence-electron chi connectivity index (χ0n) is 9.56. The van der Waals surface area contributed by atoms with Crippen LogP contribution in [0.15, 0.2) is 0 Å². The molecule has 0 amide bonds. The Balaban J connectivity index is 0. The molecule has 0 aromatic heterocycles. The van der Waals surface area contributed by atoms with E-state index < -0.39 is 0 Å². The van der Waals surface area contributed by atoms with E-state index in [1.807, 2.05) is 0 Å². The van der Waals surface area contributed by atoms with Crippen LogP contribution in [0.25, 0.3) is 0 Å². The molecular formula is C10H23BrNO+. The lowest BCUT2D eigenvalue weighted by atomic mass is 10.3. The second-order valence-electron chi connectivity index (χ2n) is 3.08. The molecule has 0 unspecified atom stereocenters. The number of hydrogen-bond donors (Lipinski definition) is 0. The maximum absolute atomic E-state index is 9.36. The number of halogens is 1. The Morgan fingerprint density at radius 3 is 1.15 bits per heavy atom. The molecule has 0 aliphatic carbocycles. The van der Waals surface area contributed by atoms with Gasteiger partial charge in [-0.15, -0.1) is 0 Å². The molecule has 80 valence electrons. The highest BCUT2D eigenvalue weighted by Gasteiger charge is 2.16. The zero-order valence-corrected chi connectivity index (χ0v) is 11.1. The predicted octanol–water partition coefficient (Wildman–Crippen LogP) is 2.81. The average Bonchev–Trinajstić information content (AvgIpc) is 2.09. The van der Waals surface area contributed by atoms with Gasteiger partial charge in [0.15, 0.2) is 4.69 Å². The lowest BCUT2D eigenvalue weighted by molar-refractivity contribution is -0.921. The molecule has 0 spiro atoms. The summed E-state index contributed by atoms with van der Waals surface area (Å²) in [6.45, 7) is 15.7. The van der Waals surface area contributed by atoms with Gasteiger partial charge in [0.2, 0.25) is 0 Å². The highest BCUT2D eigenvalue weighted by atomic mass is 79.9. The van der Waals surface area contributed by atoms with Gasteiger partial charge in [-0.05, 0) is 43.6 Å². The average molecular weight is 253 g/mol. The van der Waals surface area contributed by atoms with E-state index >= 15 is 0 Å². The van der Waals surface area contributed by atoms with Gasteiger partial charge in [-0.3, -0.25) is 4.79 Å². The molecular weight excluding hydrogens is 230 g/mol. The van der Waals surface area contributed by atoms with Gasteiger partial charge < -0.3 is 4.48 Å². The summed E-state index contributed by atoms with van der Waals surface area (Å²) < 4.78 is 1.26. The first-order valence-corrected chi connectivity index (χ1v) is 5.78. The maximum Gasteiger partial charge on any atom is 0.194 e. The molecule has 0 aliphatic rings. The second kappa shape index (κ2) is 8.70. The lowest BCUT2D eigenvalue weighted by Crippen LogP contribution is -2.47. The van der Waals surface area contributed by atoms with Crippen molar-refractivity contribution in [2.24, 2.45) is 0 Å². The van der Waals surface area contributed by atoms with Crippen molar-refractivity contribution >= 4 is 20.6 Å². The topological polar surface area (TPSA) is 17.1 Å². The van der Waals surface area contributed by atoms with Crippen LogP contribution in [-0.2, 0) is 4.79 Å². The fraction of sp³-hybridized carbons (Fsp3) is 0.900. The van der Waals surface area contributed by atoms with E-state index in [0.29, 0.717) is 0 Å². The molecule has 0 aliphatic heterocycles. The van der Waals surface area contributed by atoms with Crippen LogP contribution in [-0.4, -0.2) is 35.4 Å². The van der Waals surface area contributed by atoms with E-state index in [0.717, 1.165) is 0 Å². The van der Waals surface area contributed by atoms with Gasteiger partial charge in [0.1, 0.15) is 0 Å². The summed E-state index contributed by atoms with van der Waals surface area (Å²) in [4.78, 5) is 9.36. The Morgan fingerprint density at radius 2 is 1.15 bits per heavy atom. The second-order valence-corrected chi connectivity index (χ2v) is 4.19. The van der Waals surface area contributed by atoms with E-state index in [9.17, 15) is 4.79 Å². The van der Waals surface area contributed by atoms with E-state index in [1.165, 1.54) is 37.6 Å². The molecule has 0 saturated heterocycles. The number of rotatable bonds is 4. The summed E-state index contributed by atoms with van der Waals surface area (Å²) in [6, 6.07) is 0. The smallest absolute Gasteiger partial charge is 0.194 e. The van der Waals surface area contributed by atoms with E-state index in [4.69, 9.17) is 0 Å². The Morgan fingerprint density at radius 1 is 1.00 bits per heavy atom. The van der Waals surface area contributed by atoms with Gasteiger partial charge in [0.05, 0.1) is 26.2 Å². The van der Waals surface area contributed by atoms with Gasteiger partial charge in [0.25, 0.3) is 0 Å². The number of carbonyl (C=O) groups excluding carboxylic acids is 1. The molecule has 0 saturated carbocycles. The molecule has 0 heterocycles. The first-order chi connectivity index (χ1) is 5.97. The molecule has 0 atom stereocenters. The Labute approximate surface area is 91.0 Å². The summed E-state index contributed by atoms with van der Waals surface area (Å²) in [6.07, 6.45) is 0. The predicted molar refractivity (Wildman–Crippen MR) is 62.0 cm³/mol. The summed E-state index contributed by atoms with van der Waals surface area (Å²) in [5, 5.41) is 0. The molecule has 0 aromatic carbocycles. The summed E-state index contributed by atoms with van der Waals surface area (Å²) in [7, 11) is 0. The third-order valence-corrected chi connectivity index (χ3v) is 2.68. The minimum Gasteiger partial charge on any atom is -0.325 e. The van der Waals surface area contributed by atoms with Crippen molar-refractivity contribution in [3.05, 3.63) is 0 Å². The van der Waals surface area contributed by atoms with Crippen molar-refractivity contribution in [3.63, 3.8) is 0 Å². The number of carbonyl (C=O) groups is 1. The zero-order chi connectivity index (χ0) is 10.9. The van der Waals surface area contributed by atoms with E-state index in [2.05, 4.69) is 43.6 Å². The van der Waals surface area contributed by atoms with Crippen LogP contribution in [0, 0.1) is 0 Å². The Kier molecular flexibility index (Phi) is 10.4. The fourth-order valence-corrected chi connectivity index (χ4v) is 1.34.